The number of halogens is 3. The van der Waals surface area contributed by atoms with Crippen LogP contribution in [-0.4, -0.2) is 41.1 Å². The van der Waals surface area contributed by atoms with E-state index in [1.54, 1.807) is 42.6 Å². The molecule has 0 fully saturated rings. The lowest BCUT2D eigenvalue weighted by atomic mass is 9.94. The highest BCUT2D eigenvalue weighted by Gasteiger charge is 2.35. The third kappa shape index (κ3) is 5.08. The van der Waals surface area contributed by atoms with Crippen LogP contribution in [0.5, 0.6) is 5.88 Å². The molecule has 9 nitrogen and oxygen atoms in total. The van der Waals surface area contributed by atoms with Gasteiger partial charge in [0.25, 0.3) is 0 Å². The number of hydrogen-bond donors (Lipinski definition) is 2. The Morgan fingerprint density at radius 3 is 2.46 bits per heavy atom. The van der Waals surface area contributed by atoms with Gasteiger partial charge in [-0.1, -0.05) is 12.1 Å². The zero-order chi connectivity index (χ0) is 28.6. The van der Waals surface area contributed by atoms with Crippen molar-refractivity contribution in [2.45, 2.75) is 12.1 Å². The van der Waals surface area contributed by atoms with E-state index in [9.17, 15) is 18.3 Å². The Kier molecular flexibility index (Phi) is 6.59. The lowest BCUT2D eigenvalue weighted by molar-refractivity contribution is -0.0314. The summed E-state index contributed by atoms with van der Waals surface area (Å²) in [6, 6.07) is 17.5. The number of hydrogen-bond acceptors (Lipinski definition) is 7. The molecule has 1 atom stereocenters. The molecule has 0 saturated heterocycles. The van der Waals surface area contributed by atoms with Gasteiger partial charge in [-0.15, -0.1) is 0 Å². The van der Waals surface area contributed by atoms with Crippen molar-refractivity contribution in [3.8, 4) is 28.3 Å². The number of fused-ring (bicyclic) bond motifs is 1. The molecule has 2 aromatic carbocycles. The molecule has 0 aliphatic rings. The summed E-state index contributed by atoms with van der Waals surface area (Å²) in [5, 5.41) is 20.4. The van der Waals surface area contributed by atoms with Gasteiger partial charge in [-0.2, -0.15) is 14.7 Å². The molecule has 4 aromatic heterocycles. The van der Waals surface area contributed by atoms with Crippen molar-refractivity contribution < 1.29 is 23.0 Å². The first-order chi connectivity index (χ1) is 19.8. The molecule has 4 heterocycles. The van der Waals surface area contributed by atoms with Gasteiger partial charge in [0.2, 0.25) is 5.88 Å². The Balaban J connectivity index is 1.45. The van der Waals surface area contributed by atoms with Gasteiger partial charge in [0.05, 0.1) is 12.1 Å². The average Bonchev–Trinajstić information content (AvgIpc) is 3.60. The van der Waals surface area contributed by atoms with Crippen LogP contribution >= 0.6 is 0 Å². The highest BCUT2D eigenvalue weighted by Crippen LogP contribution is 2.37. The van der Waals surface area contributed by atoms with Gasteiger partial charge in [0, 0.05) is 35.0 Å². The number of benzene rings is 2. The quantitative estimate of drug-likeness (QED) is 0.281. The highest BCUT2D eigenvalue weighted by atomic mass is 19.1. The first-order valence-corrected chi connectivity index (χ1v) is 12.4. The average molecular weight is 558 g/mol. The number of aliphatic hydroxyl groups is 1. The van der Waals surface area contributed by atoms with E-state index < -0.39 is 29.7 Å². The molecular formula is C29H22F3N7O2. The zero-order valence-electron chi connectivity index (χ0n) is 21.3. The summed E-state index contributed by atoms with van der Waals surface area (Å²) in [5.74, 6) is -1.59. The van der Waals surface area contributed by atoms with Gasteiger partial charge in [-0.3, -0.25) is 0 Å². The molecule has 0 bridgehead atoms. The van der Waals surface area contributed by atoms with Crippen molar-refractivity contribution in [1.29, 1.82) is 0 Å². The topological polar surface area (TPSA) is 116 Å². The number of rotatable bonds is 8. The van der Waals surface area contributed by atoms with Crippen LogP contribution in [0.15, 0.2) is 91.6 Å². The van der Waals surface area contributed by atoms with E-state index in [4.69, 9.17) is 15.6 Å². The third-order valence-corrected chi connectivity index (χ3v) is 6.59. The highest BCUT2D eigenvalue weighted by molar-refractivity contribution is 5.92. The van der Waals surface area contributed by atoms with Crippen LogP contribution in [-0.2, 0) is 12.1 Å². The van der Waals surface area contributed by atoms with Crippen LogP contribution in [0.2, 0.25) is 0 Å². The number of anilines is 1. The molecule has 206 valence electrons. The van der Waals surface area contributed by atoms with E-state index in [2.05, 4.69) is 15.1 Å². The van der Waals surface area contributed by atoms with Gasteiger partial charge in [0.15, 0.2) is 0 Å². The van der Waals surface area contributed by atoms with Crippen LogP contribution in [0.1, 0.15) is 5.56 Å². The van der Waals surface area contributed by atoms with Crippen molar-refractivity contribution in [1.82, 2.24) is 29.4 Å². The number of nitrogen functional groups attached to an aromatic ring is 1. The molecule has 0 aliphatic carbocycles. The van der Waals surface area contributed by atoms with Crippen molar-refractivity contribution in [3.63, 3.8) is 0 Å². The molecule has 0 saturated carbocycles. The van der Waals surface area contributed by atoms with Gasteiger partial charge >= 0.3 is 0 Å². The number of aromatic nitrogens is 6. The van der Waals surface area contributed by atoms with Crippen molar-refractivity contribution >= 4 is 11.3 Å². The van der Waals surface area contributed by atoms with Crippen LogP contribution in [0.3, 0.4) is 0 Å². The van der Waals surface area contributed by atoms with Crippen molar-refractivity contribution in [3.05, 3.63) is 115 Å². The summed E-state index contributed by atoms with van der Waals surface area (Å²) in [7, 11) is 0. The smallest absolute Gasteiger partial charge is 0.215 e. The lowest BCUT2D eigenvalue weighted by Gasteiger charge is -2.28. The van der Waals surface area contributed by atoms with E-state index in [0.29, 0.717) is 34.2 Å². The summed E-state index contributed by atoms with van der Waals surface area (Å²) in [6.45, 7) is -0.676. The maximum atomic E-state index is 14.9. The number of nitrogens with zero attached hydrogens (tertiary/aromatic N) is 6. The fraction of sp³-hybridized carbons (Fsp3) is 0.103. The van der Waals surface area contributed by atoms with Gasteiger partial charge < -0.3 is 15.6 Å². The maximum absolute atomic E-state index is 14.9. The predicted octanol–water partition coefficient (Wildman–Crippen LogP) is 4.62. The predicted molar refractivity (Wildman–Crippen MR) is 144 cm³/mol. The monoisotopic (exact) mass is 557 g/mol. The SMILES string of the molecule is Nc1cc(-c2c(-c3ccc(F)cc3)nn3c(OC[C@@](O)(Cn4cncn4)c4ccc(F)cc4F)cccc23)ccn1. The Hall–Kier alpha value is -5.23. The molecule has 3 N–H and O–H groups in total. The molecule has 41 heavy (non-hydrogen) atoms. The van der Waals surface area contributed by atoms with Crippen LogP contribution < -0.4 is 10.5 Å². The van der Waals surface area contributed by atoms with Crippen LogP contribution in [0.4, 0.5) is 19.0 Å². The maximum Gasteiger partial charge on any atom is 0.215 e. The summed E-state index contributed by atoms with van der Waals surface area (Å²) in [5.41, 5.74) is 7.03. The Bertz CT molecular complexity index is 1840. The first kappa shape index (κ1) is 26.0. The van der Waals surface area contributed by atoms with Gasteiger partial charge in [-0.05, 0) is 54.1 Å². The molecule has 6 rings (SSSR count). The number of pyridine rings is 2. The molecule has 6 aromatic rings. The first-order valence-electron chi connectivity index (χ1n) is 12.4. The standard InChI is InChI=1S/C29H22F3N7O2/c30-20-6-4-18(5-7-20)28-27(19-10-11-35-25(33)12-19)24-2-1-3-26(39(24)37-28)41-15-29(40,14-38-17-34-16-36-38)22-9-8-21(31)13-23(22)32/h1-13,16-17,40H,14-15H2,(H2,33,35)/t29-/m0/s1. The normalized spacial score (nSPS) is 12.9. The fourth-order valence-corrected chi connectivity index (χ4v) is 4.70. The minimum atomic E-state index is -1.97. The van der Waals surface area contributed by atoms with Gasteiger partial charge in [-0.25, -0.2) is 27.8 Å². The largest absolute Gasteiger partial charge is 0.474 e. The zero-order valence-corrected chi connectivity index (χ0v) is 21.3. The summed E-state index contributed by atoms with van der Waals surface area (Å²) in [6.07, 6.45) is 4.21. The van der Waals surface area contributed by atoms with Crippen molar-refractivity contribution in [2.24, 2.45) is 0 Å². The Morgan fingerprint density at radius 1 is 0.927 bits per heavy atom. The molecule has 0 amide bonds. The second-order valence-corrected chi connectivity index (χ2v) is 9.40. The van der Waals surface area contributed by atoms with Gasteiger partial charge in [0.1, 0.15) is 53.8 Å². The van der Waals surface area contributed by atoms with E-state index in [-0.39, 0.29) is 18.0 Å². The fourth-order valence-electron chi connectivity index (χ4n) is 4.70. The van der Waals surface area contributed by atoms with E-state index in [1.807, 2.05) is 6.07 Å². The molecule has 0 spiro atoms. The second-order valence-electron chi connectivity index (χ2n) is 9.40. The van der Waals surface area contributed by atoms with Crippen molar-refractivity contribution in [2.75, 3.05) is 12.3 Å². The molecule has 0 aliphatic heterocycles. The van der Waals surface area contributed by atoms with Crippen LogP contribution in [0.25, 0.3) is 27.9 Å². The van der Waals surface area contributed by atoms with E-state index in [1.165, 1.54) is 34.0 Å². The molecular weight excluding hydrogens is 535 g/mol. The number of nitrogens with two attached hydrogens (primary N) is 1. The third-order valence-electron chi connectivity index (χ3n) is 6.59. The molecule has 12 heteroatoms. The summed E-state index contributed by atoms with van der Waals surface area (Å²) in [4.78, 5) is 7.95. The Morgan fingerprint density at radius 2 is 1.73 bits per heavy atom. The minimum absolute atomic E-state index is 0.179. The summed E-state index contributed by atoms with van der Waals surface area (Å²) < 4.78 is 51.2. The van der Waals surface area contributed by atoms with E-state index >= 15 is 0 Å². The Labute approximate surface area is 231 Å². The van der Waals surface area contributed by atoms with E-state index in [0.717, 1.165) is 17.7 Å². The molecule has 0 unspecified atom stereocenters. The minimum Gasteiger partial charge on any atom is -0.474 e. The number of ether oxygens (including phenoxy) is 1. The second kappa shape index (κ2) is 10.4. The molecule has 0 radical (unpaired) electrons. The van der Waals surface area contributed by atoms with Crippen LogP contribution in [0, 0.1) is 17.5 Å². The summed E-state index contributed by atoms with van der Waals surface area (Å²) >= 11 is 0. The lowest BCUT2D eigenvalue weighted by Crippen LogP contribution is -2.39.